The first-order chi connectivity index (χ1) is 24.8. The van der Waals surface area contributed by atoms with Gasteiger partial charge >= 0.3 is 5.97 Å². The van der Waals surface area contributed by atoms with Gasteiger partial charge in [0.15, 0.2) is 0 Å². The van der Waals surface area contributed by atoms with E-state index in [9.17, 15) is 10.1 Å². The Bertz CT molecular complexity index is 1650. The Kier molecular flexibility index (Phi) is 13.2. The zero-order valence-electron chi connectivity index (χ0n) is 31.8. The predicted octanol–water partition coefficient (Wildman–Crippen LogP) is 5.83. The molecule has 3 aromatic rings. The normalized spacial score (nSPS) is 20.1. The highest BCUT2D eigenvalue weighted by atomic mass is 16.6. The summed E-state index contributed by atoms with van der Waals surface area (Å²) in [5, 5.41) is 33.3. The van der Waals surface area contributed by atoms with Crippen LogP contribution in [0.25, 0.3) is 11.3 Å². The lowest BCUT2D eigenvalue weighted by molar-refractivity contribution is -0.169. The number of nitrogens with zero attached hydrogens (tertiary/aromatic N) is 7. The van der Waals surface area contributed by atoms with Crippen LogP contribution in [-0.2, 0) is 25.6 Å². The van der Waals surface area contributed by atoms with Crippen molar-refractivity contribution in [2.75, 3.05) is 37.0 Å². The van der Waals surface area contributed by atoms with Gasteiger partial charge < -0.3 is 30.2 Å². The van der Waals surface area contributed by atoms with Crippen molar-refractivity contribution >= 4 is 17.6 Å². The van der Waals surface area contributed by atoms with E-state index in [-0.39, 0.29) is 24.5 Å². The summed E-state index contributed by atoms with van der Waals surface area (Å²) in [4.78, 5) is 23.4. The van der Waals surface area contributed by atoms with Gasteiger partial charge in [0.25, 0.3) is 0 Å². The number of rotatable bonds is 15. The number of ether oxygens (including phenoxy) is 3. The minimum absolute atomic E-state index is 0.0229. The molecular formula is C38H56N10O4. The summed E-state index contributed by atoms with van der Waals surface area (Å²) in [7, 11) is 0. The van der Waals surface area contributed by atoms with Gasteiger partial charge in [-0.1, -0.05) is 19.9 Å². The summed E-state index contributed by atoms with van der Waals surface area (Å²) < 4.78 is 17.1. The number of hydrogen-bond donors (Lipinski definition) is 3. The van der Waals surface area contributed by atoms with Gasteiger partial charge in [-0.3, -0.25) is 4.79 Å². The summed E-state index contributed by atoms with van der Waals surface area (Å²) >= 11 is 0. The molecule has 14 heteroatoms. The van der Waals surface area contributed by atoms with Crippen LogP contribution in [0, 0.1) is 35.0 Å². The van der Waals surface area contributed by atoms with Gasteiger partial charge in [0, 0.05) is 55.6 Å². The summed E-state index contributed by atoms with van der Waals surface area (Å²) in [6.45, 7) is 16.0. The summed E-state index contributed by atoms with van der Waals surface area (Å²) in [5.41, 5.74) is 1.91. The average Bonchev–Trinajstić information content (AvgIpc) is 3.59. The molecule has 0 radical (unpaired) electrons. The van der Waals surface area contributed by atoms with E-state index in [0.29, 0.717) is 44.3 Å². The van der Waals surface area contributed by atoms with Gasteiger partial charge in [0.05, 0.1) is 29.2 Å². The highest BCUT2D eigenvalue weighted by molar-refractivity contribution is 5.75. The quantitative estimate of drug-likeness (QED) is 0.160. The Labute approximate surface area is 307 Å². The lowest BCUT2D eigenvalue weighted by Crippen LogP contribution is -2.43. The van der Waals surface area contributed by atoms with Gasteiger partial charge in [0.1, 0.15) is 18.2 Å². The van der Waals surface area contributed by atoms with Crippen LogP contribution in [0.4, 0.5) is 11.6 Å². The van der Waals surface area contributed by atoms with E-state index in [2.05, 4.69) is 57.3 Å². The second-order valence-electron chi connectivity index (χ2n) is 15.7. The van der Waals surface area contributed by atoms with Crippen LogP contribution in [0.1, 0.15) is 97.7 Å². The number of nitriles is 1. The highest BCUT2D eigenvalue weighted by Crippen LogP contribution is 2.31. The SMILES string of the molecule is Cc1cnc(NC2CCC(N[C@H](C)COCc3nnn([C@@H](OC(=O)C(C)(C)C)C(C)C)n3)CC2)cc1-c1cccc(NCC2(C#N)CCOCC2)n1. The van der Waals surface area contributed by atoms with Crippen molar-refractivity contribution in [1.82, 2.24) is 35.5 Å². The number of carbonyl (C=O) groups is 1. The fraction of sp³-hybridized carbons (Fsp3) is 0.658. The molecule has 2 fully saturated rings. The maximum atomic E-state index is 12.5. The number of nitrogens with one attached hydrogen (secondary N) is 3. The lowest BCUT2D eigenvalue weighted by atomic mass is 9.82. The fourth-order valence-electron chi connectivity index (χ4n) is 6.46. The first-order valence-corrected chi connectivity index (χ1v) is 18.6. The van der Waals surface area contributed by atoms with Crippen molar-refractivity contribution in [1.29, 1.82) is 5.26 Å². The van der Waals surface area contributed by atoms with Crippen molar-refractivity contribution < 1.29 is 19.0 Å². The van der Waals surface area contributed by atoms with E-state index >= 15 is 0 Å². The Balaban J connectivity index is 1.05. The summed E-state index contributed by atoms with van der Waals surface area (Å²) in [6, 6.07) is 11.5. The molecular weight excluding hydrogens is 660 g/mol. The number of esters is 1. The van der Waals surface area contributed by atoms with Crippen LogP contribution >= 0.6 is 0 Å². The van der Waals surface area contributed by atoms with Crippen molar-refractivity contribution in [3.63, 3.8) is 0 Å². The van der Waals surface area contributed by atoms with Crippen molar-refractivity contribution in [3.05, 3.63) is 41.9 Å². The van der Waals surface area contributed by atoms with Crippen LogP contribution in [0.2, 0.25) is 0 Å². The van der Waals surface area contributed by atoms with E-state index in [0.717, 1.165) is 67.0 Å². The first-order valence-electron chi connectivity index (χ1n) is 18.6. The van der Waals surface area contributed by atoms with Crippen molar-refractivity contribution in [2.24, 2.45) is 16.7 Å². The molecule has 0 amide bonds. The van der Waals surface area contributed by atoms with Crippen molar-refractivity contribution in [3.8, 4) is 17.3 Å². The zero-order valence-corrected chi connectivity index (χ0v) is 31.8. The number of pyridine rings is 2. The molecule has 0 bridgehead atoms. The fourth-order valence-corrected chi connectivity index (χ4v) is 6.46. The van der Waals surface area contributed by atoms with E-state index < -0.39 is 17.1 Å². The molecule has 1 aliphatic carbocycles. The zero-order chi connectivity index (χ0) is 37.3. The van der Waals surface area contributed by atoms with E-state index in [1.807, 2.05) is 59.0 Å². The third-order valence-electron chi connectivity index (χ3n) is 9.73. The monoisotopic (exact) mass is 716 g/mol. The molecule has 3 aromatic heterocycles. The molecule has 52 heavy (non-hydrogen) atoms. The van der Waals surface area contributed by atoms with Crippen LogP contribution in [0.15, 0.2) is 30.5 Å². The van der Waals surface area contributed by atoms with Crippen LogP contribution < -0.4 is 16.0 Å². The molecule has 5 rings (SSSR count). The Morgan fingerprint density at radius 2 is 1.85 bits per heavy atom. The van der Waals surface area contributed by atoms with E-state index in [1.165, 1.54) is 4.80 Å². The molecule has 14 nitrogen and oxygen atoms in total. The maximum Gasteiger partial charge on any atom is 0.313 e. The molecule has 0 aromatic carbocycles. The second-order valence-corrected chi connectivity index (χ2v) is 15.7. The number of hydrogen-bond acceptors (Lipinski definition) is 13. The number of aryl methyl sites for hydroxylation is 1. The topological polar surface area (TPSA) is 174 Å². The largest absolute Gasteiger partial charge is 0.437 e. The maximum absolute atomic E-state index is 12.5. The number of anilines is 2. The van der Waals surface area contributed by atoms with E-state index in [4.69, 9.17) is 24.2 Å². The first kappa shape index (κ1) is 39.0. The standard InChI is InChI=1S/C38H56N10O4/c1-25(2)35(52-36(49)37(5,6)7)48-46-34(45-47-48)22-51-21-27(4)42-28-11-13-29(14-12-28)43-33-19-30(26(3)20-40-33)31-9-8-10-32(44-31)41-24-38(23-39)15-17-50-18-16-38/h8-10,19-20,25,27-29,35,42H,11-18,21-22,24H2,1-7H3,(H,40,43)(H,41,44)/t27-,28?,29?,35+/m1/s1. The Morgan fingerprint density at radius 3 is 2.54 bits per heavy atom. The van der Waals surface area contributed by atoms with Gasteiger partial charge in [-0.25, -0.2) is 9.97 Å². The molecule has 2 atom stereocenters. The van der Waals surface area contributed by atoms with Gasteiger partial charge in [-0.2, -0.15) is 5.26 Å². The number of aromatic nitrogens is 6. The molecule has 1 saturated heterocycles. The number of carbonyl (C=O) groups excluding carboxylic acids is 1. The molecule has 0 spiro atoms. The Hall–Kier alpha value is -4.19. The molecule has 1 saturated carbocycles. The molecule has 282 valence electrons. The van der Waals surface area contributed by atoms with Gasteiger partial charge in [0.2, 0.25) is 12.1 Å². The van der Waals surface area contributed by atoms with Gasteiger partial charge in [-0.05, 0) is 102 Å². The number of tetrazole rings is 1. The molecule has 2 aliphatic rings. The summed E-state index contributed by atoms with van der Waals surface area (Å²) in [6.07, 6.45) is 6.88. The minimum Gasteiger partial charge on any atom is -0.437 e. The average molecular weight is 717 g/mol. The minimum atomic E-state index is -0.634. The summed E-state index contributed by atoms with van der Waals surface area (Å²) in [5.74, 6) is 1.72. The Morgan fingerprint density at radius 1 is 1.12 bits per heavy atom. The lowest BCUT2D eigenvalue weighted by Gasteiger charge is -2.32. The van der Waals surface area contributed by atoms with Crippen LogP contribution in [0.3, 0.4) is 0 Å². The van der Waals surface area contributed by atoms with Crippen molar-refractivity contribution in [2.45, 2.75) is 118 Å². The predicted molar refractivity (Wildman–Crippen MR) is 198 cm³/mol. The highest BCUT2D eigenvalue weighted by Gasteiger charge is 2.33. The molecule has 4 heterocycles. The molecule has 3 N–H and O–H groups in total. The molecule has 0 unspecified atom stereocenters. The van der Waals surface area contributed by atoms with Crippen LogP contribution in [0.5, 0.6) is 0 Å². The third kappa shape index (κ3) is 10.7. The van der Waals surface area contributed by atoms with Crippen LogP contribution in [-0.4, -0.2) is 80.6 Å². The van der Waals surface area contributed by atoms with E-state index in [1.54, 1.807) is 0 Å². The van der Waals surface area contributed by atoms with Gasteiger partial charge in [-0.15, -0.1) is 15.0 Å². The molecule has 1 aliphatic heterocycles. The second kappa shape index (κ2) is 17.6. The smallest absolute Gasteiger partial charge is 0.313 e. The third-order valence-corrected chi connectivity index (χ3v) is 9.73.